The first-order valence-electron chi connectivity index (χ1n) is 3.93. The zero-order valence-corrected chi connectivity index (χ0v) is 9.41. The number of aliphatic hydroxyl groups excluding tert-OH is 1. The molecule has 5 nitrogen and oxygen atoms in total. The highest BCUT2D eigenvalue weighted by Gasteiger charge is 2.30. The third kappa shape index (κ3) is 5.73. The molecule has 0 amide bonds. The van der Waals surface area contributed by atoms with E-state index < -0.39 is 14.8 Å². The summed E-state index contributed by atoms with van der Waals surface area (Å²) in [6, 6.07) is 0. The molecule has 0 saturated heterocycles. The second kappa shape index (κ2) is 6.06. The van der Waals surface area contributed by atoms with E-state index in [2.05, 4.69) is 0 Å². The van der Waals surface area contributed by atoms with Crippen LogP contribution < -0.4 is 6.15 Å². The van der Waals surface area contributed by atoms with Gasteiger partial charge in [0.25, 0.3) is 0 Å². The van der Waals surface area contributed by atoms with Crippen LogP contribution in [0.15, 0.2) is 0 Å². The van der Waals surface area contributed by atoms with Crippen LogP contribution in [0.3, 0.4) is 0 Å². The first-order valence-corrected chi connectivity index (χ1v) is 5.19. The Balaban J connectivity index is 0. The minimum absolute atomic E-state index is 0. The predicted molar refractivity (Wildman–Crippen MR) is 49.7 cm³/mol. The van der Waals surface area contributed by atoms with Gasteiger partial charge in [-0.05, 0) is 26.2 Å². The third-order valence-electron chi connectivity index (χ3n) is 2.10. The van der Waals surface area contributed by atoms with Gasteiger partial charge in [-0.2, -0.15) is 0 Å². The molecule has 0 spiro atoms. The quantitative estimate of drug-likeness (QED) is 0.568. The predicted octanol–water partition coefficient (Wildman–Crippen LogP) is 0.370. The lowest BCUT2D eigenvalue weighted by Crippen LogP contribution is -2.36. The Kier molecular flexibility index (Phi) is 7.01. The molecule has 0 bridgehead atoms. The second-order valence-corrected chi connectivity index (χ2v) is 4.12. The van der Waals surface area contributed by atoms with Crippen LogP contribution in [-0.4, -0.2) is 31.3 Å². The maximum absolute atomic E-state index is 10.4. The first-order chi connectivity index (χ1) is 5.40. The van der Waals surface area contributed by atoms with Crippen LogP contribution in [0.1, 0.15) is 27.2 Å². The van der Waals surface area contributed by atoms with Gasteiger partial charge in [-0.1, -0.05) is 6.92 Å². The number of aliphatic hydroxyl groups is 1. The number of rotatable bonds is 5. The van der Waals surface area contributed by atoms with Crippen LogP contribution in [-0.2, 0) is 8.89 Å². The molecule has 0 aromatic heterocycles. The van der Waals surface area contributed by atoms with E-state index in [1.807, 2.05) is 6.92 Å². The van der Waals surface area contributed by atoms with Gasteiger partial charge in [0.1, 0.15) is 0 Å². The summed E-state index contributed by atoms with van der Waals surface area (Å²) in [6.07, 6.45) is 0.572. The van der Waals surface area contributed by atoms with Gasteiger partial charge in [0.2, 0.25) is 0 Å². The molecule has 0 fully saturated rings. The van der Waals surface area contributed by atoms with Gasteiger partial charge >= 0.3 is 9.17 Å². The summed E-state index contributed by atoms with van der Waals surface area (Å²) >= 11 is 0. The van der Waals surface area contributed by atoms with Crippen molar-refractivity contribution >= 4 is 9.17 Å². The molecule has 0 aliphatic carbocycles. The maximum Gasteiger partial charge on any atom is 0.765 e. The normalized spacial score (nSPS) is 12.9. The summed E-state index contributed by atoms with van der Waals surface area (Å²) in [5.74, 6) is 0.0589. The molecule has 13 heavy (non-hydrogen) atoms. The van der Waals surface area contributed by atoms with E-state index >= 15 is 0 Å². The molecule has 0 aliphatic heterocycles. The zero-order valence-electron chi connectivity index (χ0n) is 8.41. The molecule has 0 aliphatic rings. The standard InChI is InChI=1S/C7H16O4Si.H3N/c1-6(4-5-8)7(2,3)11-12(9)10;/h6,8-9H,4-5H2,1-3H3;1H3. The van der Waals surface area contributed by atoms with Crippen LogP contribution >= 0.6 is 0 Å². The smallest absolute Gasteiger partial charge is 0.511 e. The zero-order chi connectivity index (χ0) is 9.78. The maximum atomic E-state index is 10.4. The fourth-order valence-corrected chi connectivity index (χ4v) is 1.52. The van der Waals surface area contributed by atoms with Crippen LogP contribution in [0.4, 0.5) is 0 Å². The number of hydrogen-bond acceptors (Lipinski definition) is 4. The lowest BCUT2D eigenvalue weighted by Gasteiger charge is -2.30. The topological polar surface area (TPSA) is 102 Å². The molecule has 0 rings (SSSR count). The molecule has 1 unspecified atom stereocenters. The van der Waals surface area contributed by atoms with Crippen molar-refractivity contribution in [1.29, 1.82) is 0 Å². The molecule has 0 radical (unpaired) electrons. The monoisotopic (exact) mass is 209 g/mol. The van der Waals surface area contributed by atoms with Gasteiger partial charge in [-0.3, -0.25) is 4.46 Å². The Bertz CT molecular complexity index is 163. The van der Waals surface area contributed by atoms with E-state index in [4.69, 9.17) is 14.3 Å². The Morgan fingerprint density at radius 2 is 2.00 bits per heavy atom. The minimum Gasteiger partial charge on any atom is -0.511 e. The number of hydrogen-bond donors (Lipinski definition) is 3. The molecule has 1 atom stereocenters. The second-order valence-electron chi connectivity index (χ2n) is 3.38. The highest BCUT2D eigenvalue weighted by molar-refractivity contribution is 6.24. The van der Waals surface area contributed by atoms with Crippen LogP contribution in [0, 0.1) is 5.92 Å². The van der Waals surface area contributed by atoms with Crippen molar-refractivity contribution in [3.05, 3.63) is 0 Å². The lowest BCUT2D eigenvalue weighted by atomic mass is 9.90. The molecule has 5 N–H and O–H groups in total. The van der Waals surface area contributed by atoms with Crippen molar-refractivity contribution in [2.24, 2.45) is 5.92 Å². The summed E-state index contributed by atoms with van der Waals surface area (Å²) in [4.78, 5) is 8.57. The van der Waals surface area contributed by atoms with E-state index in [0.29, 0.717) is 6.42 Å². The Morgan fingerprint density at radius 1 is 1.54 bits per heavy atom. The first kappa shape index (κ1) is 15.0. The molecular weight excluding hydrogens is 190 g/mol. The molecule has 0 heterocycles. The van der Waals surface area contributed by atoms with E-state index in [9.17, 15) is 4.46 Å². The van der Waals surface area contributed by atoms with Gasteiger partial charge in [0.15, 0.2) is 0 Å². The van der Waals surface area contributed by atoms with Crippen molar-refractivity contribution in [3.63, 3.8) is 0 Å². The van der Waals surface area contributed by atoms with Gasteiger partial charge in [-0.15, -0.1) is 0 Å². The van der Waals surface area contributed by atoms with Gasteiger partial charge < -0.3 is 20.5 Å². The molecule has 0 saturated carbocycles. The van der Waals surface area contributed by atoms with E-state index in [-0.39, 0.29) is 18.7 Å². The highest BCUT2D eigenvalue weighted by Crippen LogP contribution is 2.23. The average molecular weight is 209 g/mol. The van der Waals surface area contributed by atoms with E-state index in [0.717, 1.165) is 0 Å². The molecule has 6 heteroatoms. The van der Waals surface area contributed by atoms with Crippen molar-refractivity contribution < 1.29 is 18.8 Å². The highest BCUT2D eigenvalue weighted by atomic mass is 28.3. The Hall–Kier alpha value is -0.463. The average Bonchev–Trinajstić information content (AvgIpc) is 1.85. The van der Waals surface area contributed by atoms with Gasteiger partial charge in [0.05, 0.1) is 5.60 Å². The molecule has 80 valence electrons. The van der Waals surface area contributed by atoms with Gasteiger partial charge in [-0.25, -0.2) is 0 Å². The summed E-state index contributed by atoms with van der Waals surface area (Å²) in [6.45, 7) is 5.43. The fraction of sp³-hybridized carbons (Fsp3) is 1.00. The summed E-state index contributed by atoms with van der Waals surface area (Å²) in [7, 11) is -2.89. The van der Waals surface area contributed by atoms with Crippen molar-refractivity contribution in [2.75, 3.05) is 6.61 Å². The lowest BCUT2D eigenvalue weighted by molar-refractivity contribution is 0.0132. The van der Waals surface area contributed by atoms with Crippen molar-refractivity contribution in [3.8, 4) is 0 Å². The van der Waals surface area contributed by atoms with Gasteiger partial charge in [0, 0.05) is 6.61 Å². The van der Waals surface area contributed by atoms with E-state index in [1.54, 1.807) is 13.8 Å². The SMILES string of the molecule is CC(CCO)C(C)(C)O[Si](=O)O.N. The molecule has 0 aromatic rings. The summed E-state index contributed by atoms with van der Waals surface area (Å²) in [5, 5.41) is 8.65. The molecular formula is C7H19NO4Si. The van der Waals surface area contributed by atoms with E-state index in [1.165, 1.54) is 0 Å². The van der Waals surface area contributed by atoms with Crippen LogP contribution in [0.5, 0.6) is 0 Å². The van der Waals surface area contributed by atoms with Crippen molar-refractivity contribution in [2.45, 2.75) is 32.8 Å². The Labute approximate surface area is 80.2 Å². The minimum atomic E-state index is -2.89. The van der Waals surface area contributed by atoms with Crippen LogP contribution in [0.25, 0.3) is 0 Å². The van der Waals surface area contributed by atoms with Crippen LogP contribution in [0.2, 0.25) is 0 Å². The Morgan fingerprint density at radius 3 is 2.31 bits per heavy atom. The third-order valence-corrected chi connectivity index (χ3v) is 2.80. The fourth-order valence-electron chi connectivity index (χ4n) is 0.867. The largest absolute Gasteiger partial charge is 0.765 e. The van der Waals surface area contributed by atoms with Crippen molar-refractivity contribution in [1.82, 2.24) is 6.15 Å². The summed E-state index contributed by atoms with van der Waals surface area (Å²) in [5.41, 5.74) is -0.645. The molecule has 0 aromatic carbocycles. The summed E-state index contributed by atoms with van der Waals surface area (Å²) < 4.78 is 15.3.